The summed E-state index contributed by atoms with van der Waals surface area (Å²) in [4.78, 5) is 16.8. The van der Waals surface area contributed by atoms with E-state index in [2.05, 4.69) is 4.98 Å². The molecule has 3 heterocycles. The van der Waals surface area contributed by atoms with E-state index in [1.54, 1.807) is 6.07 Å². The molecule has 0 radical (unpaired) electrons. The van der Waals surface area contributed by atoms with E-state index in [0.29, 0.717) is 15.0 Å². The maximum Gasteiger partial charge on any atom is 0.264 e. The van der Waals surface area contributed by atoms with Gasteiger partial charge in [0.15, 0.2) is 0 Å². The molecule has 0 aromatic carbocycles. The van der Waals surface area contributed by atoms with Crippen molar-refractivity contribution in [2.45, 2.75) is 6.43 Å². The van der Waals surface area contributed by atoms with Crippen molar-refractivity contribution in [2.75, 3.05) is 5.73 Å². The summed E-state index contributed by atoms with van der Waals surface area (Å²) in [5.41, 5.74) is 11.4. The van der Waals surface area contributed by atoms with Crippen molar-refractivity contribution in [3.63, 3.8) is 0 Å². The van der Waals surface area contributed by atoms with Gasteiger partial charge in [-0.3, -0.25) is 4.79 Å². The highest BCUT2D eigenvalue weighted by Crippen LogP contribution is 2.40. The van der Waals surface area contributed by atoms with E-state index in [9.17, 15) is 13.6 Å². The molecular formula is C13H9F2N3OS2. The Labute approximate surface area is 126 Å². The molecule has 0 aliphatic rings. The number of nitrogens with two attached hydrogens (primary N) is 2. The molecule has 1 amide bonds. The molecule has 0 spiro atoms. The largest absolute Gasteiger partial charge is 0.383 e. The molecular weight excluding hydrogens is 316 g/mol. The molecule has 3 aromatic heterocycles. The number of carbonyl (C=O) groups excluding carboxylic acids is 1. The van der Waals surface area contributed by atoms with Gasteiger partial charge in [-0.2, -0.15) is 0 Å². The average molecular weight is 325 g/mol. The van der Waals surface area contributed by atoms with Gasteiger partial charge in [0.1, 0.15) is 5.82 Å². The van der Waals surface area contributed by atoms with E-state index >= 15 is 0 Å². The quantitative estimate of drug-likeness (QED) is 0.771. The zero-order chi connectivity index (χ0) is 15.1. The summed E-state index contributed by atoms with van der Waals surface area (Å²) in [6, 6.07) is 3.18. The lowest BCUT2D eigenvalue weighted by molar-refractivity contribution is 0.100. The van der Waals surface area contributed by atoms with Crippen LogP contribution in [0.2, 0.25) is 0 Å². The lowest BCUT2D eigenvalue weighted by Gasteiger charge is -1.99. The molecule has 4 N–H and O–H groups in total. The van der Waals surface area contributed by atoms with Crippen LogP contribution in [0.5, 0.6) is 0 Å². The number of primary amides is 1. The number of hydrogen-bond acceptors (Lipinski definition) is 5. The van der Waals surface area contributed by atoms with Gasteiger partial charge in [-0.15, -0.1) is 22.7 Å². The fraction of sp³-hybridized carbons (Fsp3) is 0.0769. The second-order valence-corrected chi connectivity index (χ2v) is 6.28. The Kier molecular flexibility index (Phi) is 3.34. The molecule has 0 fully saturated rings. The number of hydrogen-bond donors (Lipinski definition) is 2. The smallest absolute Gasteiger partial charge is 0.264 e. The van der Waals surface area contributed by atoms with Gasteiger partial charge < -0.3 is 11.5 Å². The van der Waals surface area contributed by atoms with E-state index in [4.69, 9.17) is 11.5 Å². The van der Waals surface area contributed by atoms with Crippen LogP contribution >= 0.6 is 22.7 Å². The summed E-state index contributed by atoms with van der Waals surface area (Å²) in [6.07, 6.45) is -1.17. The second kappa shape index (κ2) is 5.05. The summed E-state index contributed by atoms with van der Waals surface area (Å²) in [7, 11) is 0. The molecule has 0 bridgehead atoms. The Balaban J connectivity index is 2.18. The topological polar surface area (TPSA) is 82.0 Å². The van der Waals surface area contributed by atoms with E-state index in [-0.39, 0.29) is 16.9 Å². The third kappa shape index (κ3) is 2.36. The van der Waals surface area contributed by atoms with Crippen LogP contribution in [0.4, 0.5) is 14.6 Å². The van der Waals surface area contributed by atoms with Crippen LogP contribution in [0.1, 0.15) is 22.3 Å². The summed E-state index contributed by atoms with van der Waals surface area (Å²) in [5, 5.41) is 2.03. The normalized spacial score (nSPS) is 11.4. The lowest BCUT2D eigenvalue weighted by atomic mass is 10.2. The van der Waals surface area contributed by atoms with Gasteiger partial charge in [0.25, 0.3) is 12.3 Å². The number of alkyl halides is 2. The number of aromatic nitrogens is 1. The van der Waals surface area contributed by atoms with Crippen molar-refractivity contribution >= 4 is 44.5 Å². The van der Waals surface area contributed by atoms with Crippen molar-refractivity contribution in [3.8, 4) is 9.75 Å². The Morgan fingerprint density at radius 2 is 2.05 bits per heavy atom. The number of anilines is 1. The number of carbonyl (C=O) groups is 1. The summed E-state index contributed by atoms with van der Waals surface area (Å²) < 4.78 is 25.9. The predicted molar refractivity (Wildman–Crippen MR) is 80.8 cm³/mol. The minimum absolute atomic E-state index is 0.0197. The fourth-order valence-electron chi connectivity index (χ4n) is 1.94. The highest BCUT2D eigenvalue weighted by molar-refractivity contribution is 7.26. The van der Waals surface area contributed by atoms with Crippen molar-refractivity contribution in [1.82, 2.24) is 4.98 Å². The first-order valence-corrected chi connectivity index (χ1v) is 7.51. The van der Waals surface area contributed by atoms with Crippen LogP contribution in [-0.2, 0) is 0 Å². The summed E-state index contributed by atoms with van der Waals surface area (Å²) >= 11 is 2.51. The fourth-order valence-corrected chi connectivity index (χ4v) is 4.11. The van der Waals surface area contributed by atoms with Gasteiger partial charge in [0.2, 0.25) is 0 Å². The van der Waals surface area contributed by atoms with E-state index < -0.39 is 12.3 Å². The maximum absolute atomic E-state index is 12.7. The Hall–Kier alpha value is -2.06. The molecule has 3 rings (SSSR count). The van der Waals surface area contributed by atoms with Gasteiger partial charge in [0, 0.05) is 32.3 Å². The highest BCUT2D eigenvalue weighted by atomic mass is 32.1. The number of amides is 1. The third-order valence-corrected chi connectivity index (χ3v) is 5.28. The molecule has 4 nitrogen and oxygen atoms in total. The third-order valence-electron chi connectivity index (χ3n) is 2.97. The van der Waals surface area contributed by atoms with Crippen LogP contribution < -0.4 is 11.5 Å². The minimum atomic E-state index is -2.50. The van der Waals surface area contributed by atoms with Crippen LogP contribution in [0.25, 0.3) is 19.8 Å². The first-order valence-electron chi connectivity index (χ1n) is 5.82. The minimum Gasteiger partial charge on any atom is -0.383 e. The predicted octanol–water partition coefficient (Wildman–Crippen LogP) is 3.64. The van der Waals surface area contributed by atoms with Crippen LogP contribution in [0.3, 0.4) is 0 Å². The number of halogens is 2. The van der Waals surface area contributed by atoms with Crippen LogP contribution in [0, 0.1) is 0 Å². The van der Waals surface area contributed by atoms with E-state index in [1.807, 2.05) is 0 Å². The molecule has 21 heavy (non-hydrogen) atoms. The number of fused-ring (bicyclic) bond motifs is 1. The standard InChI is InChI=1S/C13H9F2N3OS2/c14-11(15)5-1-8(20-4-5)9-2-6-10(21-9)7(13(17)19)3-18-12(6)16/h1-4,11H,(H2,16,18)(H2,17,19). The molecule has 108 valence electrons. The maximum atomic E-state index is 12.7. The number of nitrogens with zero attached hydrogens (tertiary/aromatic N) is 1. The SMILES string of the molecule is NC(=O)c1cnc(N)c2cc(-c3cc(C(F)F)cs3)sc12. The molecule has 0 aliphatic heterocycles. The van der Waals surface area contributed by atoms with E-state index in [0.717, 1.165) is 4.88 Å². The first-order chi connectivity index (χ1) is 9.97. The lowest BCUT2D eigenvalue weighted by Crippen LogP contribution is -2.11. The zero-order valence-corrected chi connectivity index (χ0v) is 12.1. The molecule has 3 aromatic rings. The molecule has 0 saturated carbocycles. The van der Waals surface area contributed by atoms with Gasteiger partial charge in [-0.1, -0.05) is 0 Å². The van der Waals surface area contributed by atoms with E-state index in [1.165, 1.54) is 40.3 Å². The molecule has 0 aliphatic carbocycles. The highest BCUT2D eigenvalue weighted by Gasteiger charge is 2.17. The second-order valence-electron chi connectivity index (χ2n) is 4.32. The van der Waals surface area contributed by atoms with Gasteiger partial charge in [-0.25, -0.2) is 13.8 Å². The molecule has 0 unspecified atom stereocenters. The van der Waals surface area contributed by atoms with Gasteiger partial charge in [0.05, 0.1) is 10.3 Å². The Bertz CT molecular complexity index is 841. The van der Waals surface area contributed by atoms with Gasteiger partial charge in [-0.05, 0) is 12.1 Å². The summed E-state index contributed by atoms with van der Waals surface area (Å²) in [6.45, 7) is 0. The Morgan fingerprint density at radius 3 is 2.67 bits per heavy atom. The van der Waals surface area contributed by atoms with Gasteiger partial charge >= 0.3 is 0 Å². The Morgan fingerprint density at radius 1 is 1.29 bits per heavy atom. The van der Waals surface area contributed by atoms with Crippen LogP contribution in [0.15, 0.2) is 23.7 Å². The first kappa shape index (κ1) is 13.9. The number of nitrogen functional groups attached to an aromatic ring is 1. The number of rotatable bonds is 3. The van der Waals surface area contributed by atoms with Crippen molar-refractivity contribution < 1.29 is 13.6 Å². The van der Waals surface area contributed by atoms with Crippen molar-refractivity contribution in [2.24, 2.45) is 5.73 Å². The van der Waals surface area contributed by atoms with Crippen molar-refractivity contribution in [1.29, 1.82) is 0 Å². The molecule has 0 saturated heterocycles. The number of pyridine rings is 1. The van der Waals surface area contributed by atoms with Crippen molar-refractivity contribution in [3.05, 3.63) is 34.8 Å². The molecule has 0 atom stereocenters. The summed E-state index contributed by atoms with van der Waals surface area (Å²) in [5.74, 6) is -0.316. The average Bonchev–Trinajstić information content (AvgIpc) is 3.05. The number of thiophene rings is 2. The zero-order valence-electron chi connectivity index (χ0n) is 10.5. The monoisotopic (exact) mass is 325 g/mol. The van der Waals surface area contributed by atoms with Crippen LogP contribution in [-0.4, -0.2) is 10.9 Å². The molecule has 8 heteroatoms.